The molecule has 0 spiro atoms. The Morgan fingerprint density at radius 1 is 1.04 bits per heavy atom. The summed E-state index contributed by atoms with van der Waals surface area (Å²) in [4.78, 5) is 26.0. The van der Waals surface area contributed by atoms with Crippen LogP contribution in [0.5, 0.6) is 5.75 Å². The SMILES string of the molecule is Cc1ccc2c(c1)C(=O)C(=O)N2Cc1ccc(OCC(C)C)cc1. The summed E-state index contributed by atoms with van der Waals surface area (Å²) in [6.07, 6.45) is 0. The molecule has 0 fully saturated rings. The molecule has 4 heteroatoms. The van der Waals surface area contributed by atoms with Gasteiger partial charge in [-0.2, -0.15) is 0 Å². The summed E-state index contributed by atoms with van der Waals surface area (Å²) in [5.41, 5.74) is 3.12. The van der Waals surface area contributed by atoms with Crippen LogP contribution in [0.1, 0.15) is 35.3 Å². The van der Waals surface area contributed by atoms with E-state index in [4.69, 9.17) is 4.74 Å². The lowest BCUT2D eigenvalue weighted by molar-refractivity contribution is -0.114. The first-order chi connectivity index (χ1) is 11.5. The van der Waals surface area contributed by atoms with Gasteiger partial charge in [0.05, 0.1) is 24.4 Å². The highest BCUT2D eigenvalue weighted by Gasteiger charge is 2.35. The second-order valence-corrected chi connectivity index (χ2v) is 6.59. The van der Waals surface area contributed by atoms with Gasteiger partial charge in [-0.25, -0.2) is 0 Å². The molecule has 0 aliphatic carbocycles. The molecule has 1 amide bonds. The molecular formula is C20H21NO3. The number of nitrogens with zero attached hydrogens (tertiary/aromatic N) is 1. The Kier molecular flexibility index (Phi) is 4.38. The van der Waals surface area contributed by atoms with Gasteiger partial charge in [-0.3, -0.25) is 9.59 Å². The van der Waals surface area contributed by atoms with E-state index in [1.807, 2.05) is 43.3 Å². The van der Waals surface area contributed by atoms with Crippen molar-refractivity contribution in [2.24, 2.45) is 5.92 Å². The monoisotopic (exact) mass is 323 g/mol. The van der Waals surface area contributed by atoms with Gasteiger partial charge in [-0.05, 0) is 42.7 Å². The minimum Gasteiger partial charge on any atom is -0.493 e. The molecule has 0 radical (unpaired) electrons. The number of carbonyl (C=O) groups is 2. The Labute approximate surface area is 142 Å². The van der Waals surface area contributed by atoms with Crippen LogP contribution >= 0.6 is 0 Å². The number of hydrogen-bond acceptors (Lipinski definition) is 3. The van der Waals surface area contributed by atoms with Gasteiger partial charge < -0.3 is 9.64 Å². The molecule has 4 nitrogen and oxygen atoms in total. The van der Waals surface area contributed by atoms with Crippen molar-refractivity contribution in [3.05, 3.63) is 59.2 Å². The van der Waals surface area contributed by atoms with Crippen LogP contribution in [0, 0.1) is 12.8 Å². The number of Topliss-reactive ketones (excluding diaryl/α,β-unsaturated/α-hetero) is 1. The largest absolute Gasteiger partial charge is 0.493 e. The van der Waals surface area contributed by atoms with E-state index in [1.165, 1.54) is 0 Å². The van der Waals surface area contributed by atoms with Crippen LogP contribution < -0.4 is 9.64 Å². The van der Waals surface area contributed by atoms with Gasteiger partial charge in [0.2, 0.25) is 0 Å². The van der Waals surface area contributed by atoms with Crippen LogP contribution in [-0.4, -0.2) is 18.3 Å². The van der Waals surface area contributed by atoms with Crippen molar-refractivity contribution in [1.29, 1.82) is 0 Å². The van der Waals surface area contributed by atoms with E-state index in [0.717, 1.165) is 16.9 Å². The molecule has 3 rings (SSSR count). The summed E-state index contributed by atoms with van der Waals surface area (Å²) < 4.78 is 5.67. The highest BCUT2D eigenvalue weighted by molar-refractivity contribution is 6.52. The number of fused-ring (bicyclic) bond motifs is 1. The predicted octanol–water partition coefficient (Wildman–Crippen LogP) is 3.76. The van der Waals surface area contributed by atoms with Crippen molar-refractivity contribution in [1.82, 2.24) is 0 Å². The fourth-order valence-electron chi connectivity index (χ4n) is 2.71. The molecule has 2 aromatic rings. The van der Waals surface area contributed by atoms with Crippen LogP contribution in [0.25, 0.3) is 0 Å². The summed E-state index contributed by atoms with van der Waals surface area (Å²) in [7, 11) is 0. The summed E-state index contributed by atoms with van der Waals surface area (Å²) in [5.74, 6) is 0.395. The molecule has 0 aromatic heterocycles. The summed E-state index contributed by atoms with van der Waals surface area (Å²) in [6.45, 7) is 7.17. The number of rotatable bonds is 5. The zero-order valence-corrected chi connectivity index (χ0v) is 14.2. The lowest BCUT2D eigenvalue weighted by Gasteiger charge is -2.17. The lowest BCUT2D eigenvalue weighted by Crippen LogP contribution is -2.29. The number of ether oxygens (including phenoxy) is 1. The third-order valence-corrected chi connectivity index (χ3v) is 3.97. The van der Waals surface area contributed by atoms with E-state index in [0.29, 0.717) is 30.3 Å². The number of ketones is 1. The van der Waals surface area contributed by atoms with E-state index in [2.05, 4.69) is 13.8 Å². The van der Waals surface area contributed by atoms with E-state index < -0.39 is 11.7 Å². The fraction of sp³-hybridized carbons (Fsp3) is 0.300. The minimum absolute atomic E-state index is 0.380. The van der Waals surface area contributed by atoms with Crippen molar-refractivity contribution < 1.29 is 14.3 Å². The molecule has 0 N–H and O–H groups in total. The maximum Gasteiger partial charge on any atom is 0.299 e. The first-order valence-corrected chi connectivity index (χ1v) is 8.14. The van der Waals surface area contributed by atoms with Crippen molar-refractivity contribution in [2.75, 3.05) is 11.5 Å². The van der Waals surface area contributed by atoms with Crippen LogP contribution in [0.3, 0.4) is 0 Å². The maximum absolute atomic E-state index is 12.3. The van der Waals surface area contributed by atoms with Crippen LogP contribution in [-0.2, 0) is 11.3 Å². The van der Waals surface area contributed by atoms with E-state index >= 15 is 0 Å². The molecule has 1 aliphatic heterocycles. The summed E-state index contributed by atoms with van der Waals surface area (Å²) >= 11 is 0. The normalized spacial score (nSPS) is 13.6. The third kappa shape index (κ3) is 3.18. The first kappa shape index (κ1) is 16.2. The Balaban J connectivity index is 1.77. The molecule has 1 heterocycles. The van der Waals surface area contributed by atoms with Crippen LogP contribution in [0.15, 0.2) is 42.5 Å². The van der Waals surface area contributed by atoms with Crippen molar-refractivity contribution >= 4 is 17.4 Å². The molecule has 0 bridgehead atoms. The zero-order valence-electron chi connectivity index (χ0n) is 14.2. The quantitative estimate of drug-likeness (QED) is 0.787. The molecule has 124 valence electrons. The van der Waals surface area contributed by atoms with Gasteiger partial charge in [-0.15, -0.1) is 0 Å². The number of aryl methyl sites for hydroxylation is 1. The van der Waals surface area contributed by atoms with Gasteiger partial charge >= 0.3 is 0 Å². The second kappa shape index (κ2) is 6.48. The number of hydrogen-bond donors (Lipinski definition) is 0. The minimum atomic E-state index is -0.462. The van der Waals surface area contributed by atoms with Gasteiger partial charge in [0.15, 0.2) is 0 Å². The molecular weight excluding hydrogens is 302 g/mol. The number of anilines is 1. The van der Waals surface area contributed by atoms with Gasteiger partial charge in [0.25, 0.3) is 11.7 Å². The lowest BCUT2D eigenvalue weighted by atomic mass is 10.1. The number of benzene rings is 2. The van der Waals surface area contributed by atoms with Crippen LogP contribution in [0.2, 0.25) is 0 Å². The maximum atomic E-state index is 12.3. The predicted molar refractivity (Wildman–Crippen MR) is 93.5 cm³/mol. The highest BCUT2D eigenvalue weighted by Crippen LogP contribution is 2.31. The Bertz CT molecular complexity index is 778. The zero-order chi connectivity index (χ0) is 17.3. The molecule has 0 saturated heterocycles. The van der Waals surface area contributed by atoms with Gasteiger partial charge in [0.1, 0.15) is 5.75 Å². The van der Waals surface area contributed by atoms with Crippen molar-refractivity contribution in [3.8, 4) is 5.75 Å². The Morgan fingerprint density at radius 2 is 1.75 bits per heavy atom. The van der Waals surface area contributed by atoms with Crippen molar-refractivity contribution in [3.63, 3.8) is 0 Å². The first-order valence-electron chi connectivity index (χ1n) is 8.14. The fourth-order valence-corrected chi connectivity index (χ4v) is 2.71. The number of amides is 1. The standard InChI is InChI=1S/C20H21NO3/c1-13(2)12-24-16-7-5-15(6-8-16)11-21-18-9-4-14(3)10-17(18)19(22)20(21)23/h4-10,13H,11-12H2,1-3H3. The molecule has 1 aliphatic rings. The second-order valence-electron chi connectivity index (χ2n) is 6.59. The Hall–Kier alpha value is -2.62. The van der Waals surface area contributed by atoms with E-state index in [9.17, 15) is 9.59 Å². The molecule has 0 saturated carbocycles. The summed E-state index contributed by atoms with van der Waals surface area (Å²) in [6, 6.07) is 13.2. The van der Waals surface area contributed by atoms with Gasteiger partial charge in [0, 0.05) is 0 Å². The molecule has 0 atom stereocenters. The van der Waals surface area contributed by atoms with Crippen molar-refractivity contribution in [2.45, 2.75) is 27.3 Å². The smallest absolute Gasteiger partial charge is 0.299 e. The average molecular weight is 323 g/mol. The van der Waals surface area contributed by atoms with E-state index in [1.54, 1.807) is 11.0 Å². The highest BCUT2D eigenvalue weighted by atomic mass is 16.5. The topological polar surface area (TPSA) is 46.6 Å². The summed E-state index contributed by atoms with van der Waals surface area (Å²) in [5, 5.41) is 0. The van der Waals surface area contributed by atoms with E-state index in [-0.39, 0.29) is 0 Å². The Morgan fingerprint density at radius 3 is 2.42 bits per heavy atom. The average Bonchev–Trinajstić information content (AvgIpc) is 2.79. The van der Waals surface area contributed by atoms with Crippen LogP contribution in [0.4, 0.5) is 5.69 Å². The third-order valence-electron chi connectivity index (χ3n) is 3.97. The number of carbonyl (C=O) groups excluding carboxylic acids is 2. The molecule has 2 aromatic carbocycles. The molecule has 0 unspecified atom stereocenters. The van der Waals surface area contributed by atoms with Gasteiger partial charge in [-0.1, -0.05) is 37.6 Å². The molecule has 24 heavy (non-hydrogen) atoms.